The van der Waals surface area contributed by atoms with Crippen LogP contribution in [0.25, 0.3) is 10.9 Å². The van der Waals surface area contributed by atoms with Crippen LogP contribution in [0.3, 0.4) is 0 Å². The van der Waals surface area contributed by atoms with Crippen molar-refractivity contribution in [2.24, 2.45) is 5.92 Å². The monoisotopic (exact) mass is 384 g/mol. The van der Waals surface area contributed by atoms with Gasteiger partial charge in [0.2, 0.25) is 5.91 Å². The minimum absolute atomic E-state index is 0.206. The molecule has 1 aromatic heterocycles. The van der Waals surface area contributed by atoms with Crippen LogP contribution in [0.2, 0.25) is 5.02 Å². The second kappa shape index (κ2) is 8.27. The molecule has 5 nitrogen and oxygen atoms in total. The van der Waals surface area contributed by atoms with E-state index in [1.165, 1.54) is 0 Å². The number of H-pyrrole nitrogens is 1. The SMILES string of the molecule is CC(C)C(=O)NC(Cc1c[nH]c2ccccc12)C(=O)Oc1cccc(Cl)c1. The zero-order valence-electron chi connectivity index (χ0n) is 15.2. The predicted octanol–water partition coefficient (Wildman–Crippen LogP) is 4.11. The molecule has 0 saturated carbocycles. The van der Waals surface area contributed by atoms with Crippen LogP contribution >= 0.6 is 11.6 Å². The van der Waals surface area contributed by atoms with Crippen LogP contribution in [0.5, 0.6) is 5.75 Å². The number of rotatable bonds is 6. The summed E-state index contributed by atoms with van der Waals surface area (Å²) in [6.45, 7) is 3.56. The molecule has 0 radical (unpaired) electrons. The first-order valence-corrected chi connectivity index (χ1v) is 9.14. The minimum Gasteiger partial charge on any atom is -0.425 e. The Morgan fingerprint density at radius 2 is 1.93 bits per heavy atom. The summed E-state index contributed by atoms with van der Waals surface area (Å²) in [6.07, 6.45) is 2.17. The van der Waals surface area contributed by atoms with Gasteiger partial charge in [-0.3, -0.25) is 4.79 Å². The van der Waals surface area contributed by atoms with E-state index in [1.807, 2.05) is 30.5 Å². The fraction of sp³-hybridized carbons (Fsp3) is 0.238. The Balaban J connectivity index is 1.83. The molecular weight excluding hydrogens is 364 g/mol. The van der Waals surface area contributed by atoms with E-state index in [-0.39, 0.29) is 11.8 Å². The van der Waals surface area contributed by atoms with Gasteiger partial charge in [-0.05, 0) is 29.8 Å². The molecule has 0 bridgehead atoms. The van der Waals surface area contributed by atoms with Gasteiger partial charge in [-0.1, -0.05) is 49.7 Å². The molecule has 1 unspecified atom stereocenters. The highest BCUT2D eigenvalue weighted by molar-refractivity contribution is 6.30. The van der Waals surface area contributed by atoms with Gasteiger partial charge in [0.15, 0.2) is 0 Å². The maximum absolute atomic E-state index is 12.8. The van der Waals surface area contributed by atoms with Crippen molar-refractivity contribution >= 4 is 34.4 Å². The number of hydrogen-bond acceptors (Lipinski definition) is 3. The van der Waals surface area contributed by atoms with E-state index in [1.54, 1.807) is 38.1 Å². The molecule has 0 aliphatic carbocycles. The van der Waals surface area contributed by atoms with Crippen molar-refractivity contribution in [2.75, 3.05) is 0 Å². The molecule has 0 aliphatic heterocycles. The lowest BCUT2D eigenvalue weighted by atomic mass is 10.0. The van der Waals surface area contributed by atoms with Crippen molar-refractivity contribution in [3.8, 4) is 5.75 Å². The molecule has 1 amide bonds. The van der Waals surface area contributed by atoms with Crippen molar-refractivity contribution in [2.45, 2.75) is 26.3 Å². The molecule has 3 aromatic rings. The molecule has 0 fully saturated rings. The number of esters is 1. The summed E-state index contributed by atoms with van der Waals surface area (Å²) >= 11 is 5.95. The number of carbonyl (C=O) groups is 2. The summed E-state index contributed by atoms with van der Waals surface area (Å²) in [6, 6.07) is 13.6. The quantitative estimate of drug-likeness (QED) is 0.496. The summed E-state index contributed by atoms with van der Waals surface area (Å²) in [5.41, 5.74) is 1.91. The first kappa shape index (κ1) is 19.0. The highest BCUT2D eigenvalue weighted by atomic mass is 35.5. The zero-order chi connectivity index (χ0) is 19.4. The van der Waals surface area contributed by atoms with E-state index >= 15 is 0 Å². The van der Waals surface area contributed by atoms with Crippen LogP contribution < -0.4 is 10.1 Å². The van der Waals surface area contributed by atoms with E-state index in [0.717, 1.165) is 16.5 Å². The molecule has 0 spiro atoms. The molecule has 6 heteroatoms. The molecule has 140 valence electrons. The smallest absolute Gasteiger partial charge is 0.334 e. The van der Waals surface area contributed by atoms with Gasteiger partial charge < -0.3 is 15.0 Å². The van der Waals surface area contributed by atoms with Gasteiger partial charge in [0.05, 0.1) is 0 Å². The molecule has 1 atom stereocenters. The van der Waals surface area contributed by atoms with Crippen molar-refractivity contribution in [3.63, 3.8) is 0 Å². The molecule has 2 aromatic carbocycles. The highest BCUT2D eigenvalue weighted by Crippen LogP contribution is 2.21. The fourth-order valence-electron chi connectivity index (χ4n) is 2.77. The van der Waals surface area contributed by atoms with Gasteiger partial charge in [-0.15, -0.1) is 0 Å². The number of fused-ring (bicyclic) bond motifs is 1. The third kappa shape index (κ3) is 4.68. The summed E-state index contributed by atoms with van der Waals surface area (Å²) in [5, 5.41) is 4.28. The molecule has 1 heterocycles. The van der Waals surface area contributed by atoms with Gasteiger partial charge in [-0.25, -0.2) is 4.79 Å². The van der Waals surface area contributed by atoms with E-state index in [4.69, 9.17) is 16.3 Å². The average molecular weight is 385 g/mol. The Morgan fingerprint density at radius 3 is 2.67 bits per heavy atom. The molecule has 0 aliphatic rings. The summed E-state index contributed by atoms with van der Waals surface area (Å²) in [5.74, 6) is -0.635. The van der Waals surface area contributed by atoms with E-state index in [9.17, 15) is 9.59 Å². The van der Waals surface area contributed by atoms with Gasteiger partial charge in [0.1, 0.15) is 11.8 Å². The van der Waals surface area contributed by atoms with E-state index < -0.39 is 12.0 Å². The summed E-state index contributed by atoms with van der Waals surface area (Å²) in [7, 11) is 0. The van der Waals surface area contributed by atoms with Crippen LogP contribution in [0.4, 0.5) is 0 Å². The maximum Gasteiger partial charge on any atom is 0.334 e. The number of hydrogen-bond donors (Lipinski definition) is 2. The van der Waals surface area contributed by atoms with Crippen LogP contribution in [-0.4, -0.2) is 22.9 Å². The first-order valence-electron chi connectivity index (χ1n) is 8.76. The minimum atomic E-state index is -0.807. The van der Waals surface area contributed by atoms with E-state index in [0.29, 0.717) is 17.2 Å². The molecule has 3 rings (SSSR count). The van der Waals surface area contributed by atoms with Crippen LogP contribution in [0.15, 0.2) is 54.7 Å². The number of halogens is 1. The standard InChI is InChI=1S/C21H21ClN2O3/c1-13(2)20(25)24-19(21(26)27-16-7-5-6-15(22)11-16)10-14-12-23-18-9-4-3-8-17(14)18/h3-9,11-13,19,23H,10H2,1-2H3,(H,24,25). The third-order valence-electron chi connectivity index (χ3n) is 4.24. The van der Waals surface area contributed by atoms with Crippen molar-refractivity contribution in [1.82, 2.24) is 10.3 Å². The van der Waals surface area contributed by atoms with Crippen molar-refractivity contribution in [3.05, 3.63) is 65.3 Å². The Morgan fingerprint density at radius 1 is 1.15 bits per heavy atom. The number of carbonyl (C=O) groups excluding carboxylic acids is 2. The Kier molecular flexibility index (Phi) is 5.81. The van der Waals surface area contributed by atoms with Gasteiger partial charge in [0.25, 0.3) is 0 Å². The summed E-state index contributed by atoms with van der Waals surface area (Å²) < 4.78 is 5.45. The van der Waals surface area contributed by atoms with Crippen LogP contribution in [0.1, 0.15) is 19.4 Å². The number of ether oxygens (including phenoxy) is 1. The third-order valence-corrected chi connectivity index (χ3v) is 4.47. The number of nitrogens with one attached hydrogen (secondary N) is 2. The topological polar surface area (TPSA) is 71.2 Å². The number of aromatic nitrogens is 1. The first-order chi connectivity index (χ1) is 12.9. The van der Waals surface area contributed by atoms with E-state index in [2.05, 4.69) is 10.3 Å². The Labute approximate surface area is 162 Å². The second-order valence-electron chi connectivity index (χ2n) is 6.66. The number of amides is 1. The Bertz CT molecular complexity index is 965. The molecular formula is C21H21ClN2O3. The summed E-state index contributed by atoms with van der Waals surface area (Å²) in [4.78, 5) is 28.1. The molecule has 0 saturated heterocycles. The molecule has 27 heavy (non-hydrogen) atoms. The van der Waals surface area contributed by atoms with Gasteiger partial charge in [0, 0.05) is 34.5 Å². The van der Waals surface area contributed by atoms with Crippen LogP contribution in [0, 0.1) is 5.92 Å². The predicted molar refractivity (Wildman–Crippen MR) is 106 cm³/mol. The number of aromatic amines is 1. The number of benzene rings is 2. The fourth-order valence-corrected chi connectivity index (χ4v) is 2.95. The zero-order valence-corrected chi connectivity index (χ0v) is 15.9. The highest BCUT2D eigenvalue weighted by Gasteiger charge is 2.25. The van der Waals surface area contributed by atoms with Gasteiger partial charge >= 0.3 is 5.97 Å². The molecule has 2 N–H and O–H groups in total. The Hall–Kier alpha value is -2.79. The lowest BCUT2D eigenvalue weighted by Gasteiger charge is -2.18. The normalized spacial score (nSPS) is 12.1. The second-order valence-corrected chi connectivity index (χ2v) is 7.09. The lowest BCUT2D eigenvalue weighted by molar-refractivity contribution is -0.139. The number of para-hydroxylation sites is 1. The van der Waals surface area contributed by atoms with Crippen molar-refractivity contribution in [1.29, 1.82) is 0 Å². The largest absolute Gasteiger partial charge is 0.425 e. The van der Waals surface area contributed by atoms with Crippen molar-refractivity contribution < 1.29 is 14.3 Å². The van der Waals surface area contributed by atoms with Gasteiger partial charge in [-0.2, -0.15) is 0 Å². The average Bonchev–Trinajstić information content (AvgIpc) is 3.04. The lowest BCUT2D eigenvalue weighted by Crippen LogP contribution is -2.46. The van der Waals surface area contributed by atoms with Crippen LogP contribution in [-0.2, 0) is 16.0 Å². The maximum atomic E-state index is 12.8.